The maximum Gasteiger partial charge on any atom is 0.326 e. The SMILES string of the molecule is C[C@H](CCC(=O)N[C@@H](CCC(=O)NC[C@H](O)[C@@H](O)[C@H](O)[C@H](O)CO)C(=O)N[C@@H](CCC(=O)O)C(=O)N[C@@H](CCC(=O)NC[C@H](O)[C@@H](O)[C@H](O)[C@H](O)CO)C(=O)N[C@@H](CCC(=O)O)C(=O)N[C@@H](CCC(=O)NC[C@H](O)[C@@H](O)[C@H](O)[C@H](O)CO)C(=O)N[C@H](C)CSSCC[C@H](NC(=O)c1ccc(NCc2cnc3nc(N)nc(N)c3n2)cc1)C(=O)O)NC(=O)c1ccc(NCc2cnc3nc(N)[nH]c(=O)c3n2)cc1. The Morgan fingerprint density at radius 1 is 0.380 bits per heavy atom. The van der Waals surface area contributed by atoms with Gasteiger partial charge in [-0.3, -0.25) is 72.1 Å². The molecule has 2 aromatic carbocycles. The second kappa shape index (κ2) is 58.9. The van der Waals surface area contributed by atoms with Gasteiger partial charge in [-0.2, -0.15) is 15.0 Å². The Morgan fingerprint density at radius 2 is 0.739 bits per heavy atom. The number of aromatic amines is 1. The molecular formula is C83H120N24O33S2. The summed E-state index contributed by atoms with van der Waals surface area (Å²) in [5.74, 6) is -17.2. The van der Waals surface area contributed by atoms with Crippen molar-refractivity contribution >= 4 is 156 Å². The minimum Gasteiger partial charge on any atom is -0.481 e. The van der Waals surface area contributed by atoms with E-state index >= 15 is 0 Å². The third kappa shape index (κ3) is 39.3. The van der Waals surface area contributed by atoms with E-state index in [9.17, 15) is 164 Å². The number of hydrogen-bond acceptors (Lipinski definition) is 44. The molecule has 0 aliphatic rings. The summed E-state index contributed by atoms with van der Waals surface area (Å²) in [7, 11) is 2.20. The van der Waals surface area contributed by atoms with Crippen molar-refractivity contribution in [3.05, 3.63) is 93.8 Å². The fraction of sp³-hybridized carbons (Fsp3) is 0.542. The molecule has 782 valence electrons. The van der Waals surface area contributed by atoms with Crippen LogP contribution in [0.1, 0.15) is 129 Å². The number of carbonyl (C=O) groups is 14. The van der Waals surface area contributed by atoms with Gasteiger partial charge in [0.05, 0.1) is 75.0 Å². The third-order valence-corrected chi connectivity index (χ3v) is 23.9. The van der Waals surface area contributed by atoms with Crippen molar-refractivity contribution in [3.8, 4) is 0 Å². The molecule has 142 heavy (non-hydrogen) atoms. The zero-order valence-corrected chi connectivity index (χ0v) is 78.1. The number of aliphatic hydroxyl groups excluding tert-OH is 15. The van der Waals surface area contributed by atoms with Crippen LogP contribution in [0.3, 0.4) is 0 Å². The maximum atomic E-state index is 14.9. The average Bonchev–Trinajstić information content (AvgIpc) is 0.810. The number of nitrogens with zero attached hydrogens (tertiary/aromatic N) is 7. The van der Waals surface area contributed by atoms with Crippen LogP contribution in [0.15, 0.2) is 65.7 Å². The highest BCUT2D eigenvalue weighted by atomic mass is 33.1. The minimum absolute atomic E-state index is 0.0121. The molecule has 0 saturated carbocycles. The van der Waals surface area contributed by atoms with E-state index in [-0.39, 0.29) is 88.6 Å². The lowest BCUT2D eigenvalue weighted by Gasteiger charge is -2.28. The first-order valence-electron chi connectivity index (χ1n) is 44.1. The molecule has 20 atom stereocenters. The van der Waals surface area contributed by atoms with Crippen molar-refractivity contribution in [2.45, 2.75) is 232 Å². The zero-order valence-electron chi connectivity index (χ0n) is 76.4. The Bertz CT molecular complexity index is 5310. The molecule has 0 radical (unpaired) electrons. The van der Waals surface area contributed by atoms with Crippen LogP contribution >= 0.6 is 21.6 Å². The number of aliphatic carboxylic acids is 3. The van der Waals surface area contributed by atoms with Gasteiger partial charge in [-0.1, -0.05) is 21.6 Å². The Morgan fingerprint density at radius 3 is 1.13 bits per heavy atom. The van der Waals surface area contributed by atoms with Crippen LogP contribution in [0.5, 0.6) is 0 Å². The predicted molar refractivity (Wildman–Crippen MR) is 500 cm³/mol. The van der Waals surface area contributed by atoms with Crippen LogP contribution in [0.4, 0.5) is 29.1 Å². The monoisotopic (exact) mass is 2040 g/mol. The number of H-pyrrole nitrogens is 1. The molecule has 38 N–H and O–H groups in total. The van der Waals surface area contributed by atoms with E-state index in [1.807, 2.05) is 0 Å². The van der Waals surface area contributed by atoms with Crippen molar-refractivity contribution < 1.29 is 159 Å². The summed E-state index contributed by atoms with van der Waals surface area (Å²) in [6.07, 6.45) is -31.7. The number of anilines is 5. The molecule has 4 heterocycles. The van der Waals surface area contributed by atoms with E-state index < -0.39 is 320 Å². The van der Waals surface area contributed by atoms with Crippen LogP contribution in [-0.2, 0) is 70.6 Å². The lowest BCUT2D eigenvalue weighted by atomic mass is 10.0. The first kappa shape index (κ1) is 117. The molecule has 0 bridgehead atoms. The minimum atomic E-state index is -2.23. The van der Waals surface area contributed by atoms with Gasteiger partial charge in [-0.15, -0.1) is 0 Å². The fourth-order valence-corrected chi connectivity index (χ4v) is 15.4. The first-order valence-corrected chi connectivity index (χ1v) is 46.6. The number of hydrogen-bond donors (Lipinski definition) is 35. The molecule has 4 aromatic heterocycles. The average molecular weight is 2050 g/mol. The van der Waals surface area contributed by atoms with Gasteiger partial charge >= 0.3 is 17.9 Å². The Balaban J connectivity index is 1.21. The molecule has 59 heteroatoms. The Labute approximate surface area is 814 Å². The molecule has 0 unspecified atom stereocenters. The molecule has 57 nitrogen and oxygen atoms in total. The van der Waals surface area contributed by atoms with Gasteiger partial charge in [0.2, 0.25) is 65.1 Å². The van der Waals surface area contributed by atoms with Gasteiger partial charge in [0, 0.05) is 104 Å². The second-order valence-corrected chi connectivity index (χ2v) is 35.2. The molecule has 0 fully saturated rings. The molecule has 11 amide bonds. The molecule has 0 spiro atoms. The third-order valence-electron chi connectivity index (χ3n) is 21.3. The van der Waals surface area contributed by atoms with Crippen LogP contribution < -0.4 is 91.9 Å². The number of carbonyl (C=O) groups excluding carboxylic acids is 11. The topological polar surface area (TPSA) is 961 Å². The number of carboxylic acids is 3. The quantitative estimate of drug-likeness (QED) is 0.0125. The van der Waals surface area contributed by atoms with Crippen molar-refractivity contribution in [2.75, 3.05) is 78.8 Å². The van der Waals surface area contributed by atoms with Gasteiger partial charge in [0.25, 0.3) is 17.4 Å². The molecule has 6 aromatic rings. The van der Waals surface area contributed by atoms with Gasteiger partial charge in [0.1, 0.15) is 91.2 Å². The van der Waals surface area contributed by atoms with Gasteiger partial charge in [-0.05, 0) is 107 Å². The Kier molecular flexibility index (Phi) is 48.7. The summed E-state index contributed by atoms with van der Waals surface area (Å²) in [4.78, 5) is 235. The van der Waals surface area contributed by atoms with E-state index in [0.29, 0.717) is 22.8 Å². The van der Waals surface area contributed by atoms with E-state index in [1.165, 1.54) is 50.5 Å². The standard InChI is InChI=1S/C83H120N24O33S2/c1-36(94-73(131)38-4-8-40(9-5-38)88-26-43-28-93-72-63(97-43)80(138)107-83(86)106-72)3-17-59(120)98-44(12-18-56(117)89-29-50(111)64(125)67(128)53(114)32-108)76(134)101-47(15-21-60(121)122)79(137)100-46(14-20-58(119)91-31-52(113)66(127)69(130)55(116)34-110)77(135)102-48(16-22-61(123)124)78(136)99-45(13-19-57(118)90-30-51(112)65(126)68(129)54(115)33-109)75(133)95-37(2)35-142-141-24-23-49(81(139)140)103-74(132)39-6-10-41(11-7-39)87-25-42-27-92-71-62(96-42)70(84)104-82(85)105-71/h4-11,27-28,36-37,44-55,64-69,87-88,108-116,125-130H,3,12-26,29-35H2,1-2H3,(H,89,117)(H,90,118)(H,91,119)(H,94,131)(H,95,133)(H,98,120)(H,99,136)(H,100,137)(H,101,134)(H,102,135)(H,103,132)(H,121,122)(H,123,124)(H,139,140)(H4,84,85,92,104,105)(H3,86,93,106,107,138)/t36-,37-,44+,45+,46+,47+,48+,49+,50+,51+,52+,53-,54-,55-,64-,65-,66-,67-,68-,69-/m1/s1. The molecule has 6 rings (SSSR count). The number of nitrogen functional groups attached to an aromatic ring is 3. The number of aliphatic hydroxyl groups is 15. The maximum absolute atomic E-state index is 14.9. The number of nitrogens with one attached hydrogen (secondary N) is 14. The van der Waals surface area contributed by atoms with Crippen LogP contribution in [0.2, 0.25) is 0 Å². The molecule has 0 aliphatic heterocycles. The number of carboxylic acid groups (broad SMARTS) is 3. The summed E-state index contributed by atoms with van der Waals surface area (Å²) < 4.78 is 0. The molecule has 0 aliphatic carbocycles. The van der Waals surface area contributed by atoms with Crippen LogP contribution in [0, 0.1) is 0 Å². The highest BCUT2D eigenvalue weighted by Gasteiger charge is 2.38. The second-order valence-electron chi connectivity index (χ2n) is 32.6. The summed E-state index contributed by atoms with van der Waals surface area (Å²) in [6.45, 7) is -2.65. The predicted octanol–water partition coefficient (Wildman–Crippen LogP) is -11.4. The molecular weight excluding hydrogens is 1930 g/mol. The van der Waals surface area contributed by atoms with Crippen molar-refractivity contribution in [1.29, 1.82) is 0 Å². The highest BCUT2D eigenvalue weighted by Crippen LogP contribution is 2.25. The fourth-order valence-electron chi connectivity index (χ4n) is 13.0. The largest absolute Gasteiger partial charge is 0.481 e. The number of nitrogens with two attached hydrogens (primary N) is 3. The summed E-state index contributed by atoms with van der Waals surface area (Å²) in [5, 5.41) is 213. The van der Waals surface area contributed by atoms with E-state index in [2.05, 4.69) is 109 Å². The smallest absolute Gasteiger partial charge is 0.326 e. The van der Waals surface area contributed by atoms with Crippen molar-refractivity contribution in [1.82, 2.24) is 98.4 Å². The zero-order chi connectivity index (χ0) is 105. The summed E-state index contributed by atoms with van der Waals surface area (Å²) in [5.41, 5.74) is 19.0. The number of benzene rings is 2. The van der Waals surface area contributed by atoms with Gasteiger partial charge in [-0.25, -0.2) is 24.7 Å². The van der Waals surface area contributed by atoms with E-state index in [1.54, 1.807) is 24.3 Å². The lowest BCUT2D eigenvalue weighted by molar-refractivity contribution is -0.140. The van der Waals surface area contributed by atoms with E-state index in [0.717, 1.165) is 21.6 Å². The number of aromatic nitrogens is 8. The van der Waals surface area contributed by atoms with Crippen molar-refractivity contribution in [3.63, 3.8) is 0 Å². The van der Waals surface area contributed by atoms with Gasteiger partial charge < -0.3 is 178 Å². The van der Waals surface area contributed by atoms with Crippen LogP contribution in [-0.4, -0.2) is 387 Å². The lowest BCUT2D eigenvalue weighted by Crippen LogP contribution is -2.59. The number of amides is 11. The van der Waals surface area contributed by atoms with Gasteiger partial charge in [0.15, 0.2) is 28.1 Å². The summed E-state index contributed by atoms with van der Waals surface area (Å²) >= 11 is 0. The summed E-state index contributed by atoms with van der Waals surface area (Å²) in [6, 6.07) is -1.40. The van der Waals surface area contributed by atoms with Crippen molar-refractivity contribution in [2.24, 2.45) is 0 Å². The highest BCUT2D eigenvalue weighted by molar-refractivity contribution is 8.76. The van der Waals surface area contributed by atoms with E-state index in [4.69, 9.17) is 17.2 Å². The number of fused-ring (bicyclic) bond motifs is 2. The normalized spacial score (nSPS) is 15.7. The Hall–Kier alpha value is -13.2. The first-order chi connectivity index (χ1) is 67.2. The van der Waals surface area contributed by atoms with Crippen LogP contribution in [0.25, 0.3) is 22.3 Å². The molecule has 0 saturated heterocycles. The number of rotatable bonds is 64.